The number of nitrogens with two attached hydrogens (primary N) is 2. The third-order valence-electron chi connectivity index (χ3n) is 3.48. The van der Waals surface area contributed by atoms with Crippen molar-refractivity contribution in [3.8, 4) is 0 Å². The van der Waals surface area contributed by atoms with Gasteiger partial charge in [0.1, 0.15) is 5.82 Å². The first-order valence-corrected chi connectivity index (χ1v) is 5.59. The molecule has 0 amide bonds. The van der Waals surface area contributed by atoms with Crippen LogP contribution in [0.25, 0.3) is 0 Å². The Morgan fingerprint density at radius 2 is 1.65 bits per heavy atom. The van der Waals surface area contributed by atoms with Crippen LogP contribution >= 0.6 is 0 Å². The molecule has 1 aliphatic heterocycles. The first-order chi connectivity index (χ1) is 7.73. The van der Waals surface area contributed by atoms with Gasteiger partial charge in [-0.05, 0) is 33.8 Å². The molecule has 2 heterocycles. The molecule has 92 valence electrons. The number of rotatable bonds is 1. The molecule has 0 radical (unpaired) electrons. The highest BCUT2D eigenvalue weighted by Crippen LogP contribution is 2.36. The highest BCUT2D eigenvalue weighted by Gasteiger charge is 2.52. The Labute approximate surface area is 102 Å². The fourth-order valence-electron chi connectivity index (χ4n) is 1.67. The minimum absolute atomic E-state index is 0.387. The molecule has 1 aromatic rings. The predicted octanol–water partition coefficient (Wildman–Crippen LogP) is 0.545. The zero-order valence-corrected chi connectivity index (χ0v) is 10.7. The van der Waals surface area contributed by atoms with E-state index in [-0.39, 0.29) is 0 Å². The van der Waals surface area contributed by atoms with Crippen molar-refractivity contribution in [1.29, 1.82) is 0 Å². The highest BCUT2D eigenvalue weighted by molar-refractivity contribution is 6.63. The smallest absolute Gasteiger partial charge is 0.399 e. The number of pyridine rings is 1. The van der Waals surface area contributed by atoms with Gasteiger partial charge in [0.05, 0.1) is 17.4 Å². The van der Waals surface area contributed by atoms with Crippen LogP contribution in [0.5, 0.6) is 0 Å². The minimum atomic E-state index is -0.518. The van der Waals surface area contributed by atoms with Gasteiger partial charge in [0, 0.05) is 11.2 Å². The van der Waals surface area contributed by atoms with Gasteiger partial charge in [0.2, 0.25) is 0 Å². The second kappa shape index (κ2) is 3.61. The zero-order valence-electron chi connectivity index (χ0n) is 10.7. The molecule has 2 rings (SSSR count). The molecule has 0 aliphatic carbocycles. The molecule has 0 spiro atoms. The lowest BCUT2D eigenvalue weighted by Gasteiger charge is -2.32. The Hall–Kier alpha value is -1.27. The molecular weight excluding hydrogens is 217 g/mol. The van der Waals surface area contributed by atoms with Crippen molar-refractivity contribution >= 4 is 24.1 Å². The molecule has 17 heavy (non-hydrogen) atoms. The Bertz CT molecular complexity index is 432. The summed E-state index contributed by atoms with van der Waals surface area (Å²) < 4.78 is 11.8. The van der Waals surface area contributed by atoms with Gasteiger partial charge in [-0.1, -0.05) is 0 Å². The normalized spacial score (nSPS) is 21.8. The minimum Gasteiger partial charge on any atom is -0.399 e. The van der Waals surface area contributed by atoms with Gasteiger partial charge in [-0.2, -0.15) is 0 Å². The van der Waals surface area contributed by atoms with Gasteiger partial charge >= 0.3 is 7.12 Å². The first-order valence-electron chi connectivity index (χ1n) is 5.59. The maximum absolute atomic E-state index is 5.89. The van der Waals surface area contributed by atoms with Crippen LogP contribution in [0.2, 0.25) is 0 Å². The van der Waals surface area contributed by atoms with Crippen molar-refractivity contribution in [2.24, 2.45) is 0 Å². The highest BCUT2D eigenvalue weighted by atomic mass is 16.7. The number of nitrogen functional groups attached to an aromatic ring is 2. The maximum atomic E-state index is 5.89. The summed E-state index contributed by atoms with van der Waals surface area (Å²) in [6, 6.07) is 1.74. The van der Waals surface area contributed by atoms with E-state index < -0.39 is 18.3 Å². The fraction of sp³-hybridized carbons (Fsp3) is 0.545. The van der Waals surface area contributed by atoms with E-state index in [0.29, 0.717) is 17.0 Å². The quantitative estimate of drug-likeness (QED) is 0.694. The second-order valence-electron chi connectivity index (χ2n) is 5.33. The number of hydrogen-bond donors (Lipinski definition) is 2. The molecule has 0 unspecified atom stereocenters. The summed E-state index contributed by atoms with van der Waals surface area (Å²) in [4.78, 5) is 4.01. The second-order valence-corrected chi connectivity index (χ2v) is 5.33. The molecule has 5 nitrogen and oxygen atoms in total. The average molecular weight is 235 g/mol. The van der Waals surface area contributed by atoms with Crippen LogP contribution in [0.3, 0.4) is 0 Å². The third kappa shape index (κ3) is 1.98. The van der Waals surface area contributed by atoms with Crippen LogP contribution in [0.4, 0.5) is 11.5 Å². The van der Waals surface area contributed by atoms with E-state index in [1.54, 1.807) is 6.07 Å². The summed E-state index contributed by atoms with van der Waals surface area (Å²) in [6.45, 7) is 7.96. The monoisotopic (exact) mass is 235 g/mol. The van der Waals surface area contributed by atoms with Crippen molar-refractivity contribution in [3.05, 3.63) is 12.3 Å². The molecule has 1 fully saturated rings. The zero-order chi connectivity index (χ0) is 12.8. The molecule has 1 aromatic heterocycles. The predicted molar refractivity (Wildman–Crippen MR) is 68.8 cm³/mol. The Balaban J connectivity index is 2.35. The van der Waals surface area contributed by atoms with E-state index in [2.05, 4.69) is 4.98 Å². The van der Waals surface area contributed by atoms with Crippen molar-refractivity contribution in [3.63, 3.8) is 0 Å². The van der Waals surface area contributed by atoms with Crippen LogP contribution in [-0.4, -0.2) is 23.3 Å². The van der Waals surface area contributed by atoms with E-state index >= 15 is 0 Å². The summed E-state index contributed by atoms with van der Waals surface area (Å²) >= 11 is 0. The van der Waals surface area contributed by atoms with Crippen LogP contribution in [0, 0.1) is 0 Å². The number of nitrogens with zero attached hydrogens (tertiary/aromatic N) is 1. The molecule has 0 saturated carbocycles. The largest absolute Gasteiger partial charge is 0.498 e. The van der Waals surface area contributed by atoms with Crippen molar-refractivity contribution in [2.75, 3.05) is 11.5 Å². The summed E-state index contributed by atoms with van der Waals surface area (Å²) in [7, 11) is -0.518. The fourth-order valence-corrected chi connectivity index (χ4v) is 1.67. The number of aromatic nitrogens is 1. The Morgan fingerprint density at radius 3 is 2.18 bits per heavy atom. The molecule has 1 aliphatic rings. The first kappa shape index (κ1) is 12.2. The number of hydrogen-bond acceptors (Lipinski definition) is 5. The summed E-state index contributed by atoms with van der Waals surface area (Å²) in [5.41, 5.74) is 12.0. The SMILES string of the molecule is CC1(C)OB(c2cc(N)cnc2N)OC1(C)C. The van der Waals surface area contributed by atoms with Crippen LogP contribution in [0.1, 0.15) is 27.7 Å². The molecule has 0 aromatic carbocycles. The van der Waals surface area contributed by atoms with E-state index in [1.807, 2.05) is 27.7 Å². The van der Waals surface area contributed by atoms with Gasteiger partial charge in [-0.25, -0.2) is 4.98 Å². The lowest BCUT2D eigenvalue weighted by atomic mass is 9.79. The standard InChI is InChI=1S/C11H18BN3O2/c1-10(2)11(3,4)17-12(16-10)8-5-7(13)6-15-9(8)14/h5-6H,13H2,1-4H3,(H2,14,15). The summed E-state index contributed by atoms with van der Waals surface area (Å²) in [5, 5.41) is 0. The van der Waals surface area contributed by atoms with Crippen LogP contribution < -0.4 is 16.9 Å². The molecule has 4 N–H and O–H groups in total. The maximum Gasteiger partial charge on any atom is 0.498 e. The van der Waals surface area contributed by atoms with Gasteiger partial charge < -0.3 is 20.8 Å². The Kier molecular flexibility index (Phi) is 2.59. The van der Waals surface area contributed by atoms with Crippen LogP contribution in [-0.2, 0) is 9.31 Å². The van der Waals surface area contributed by atoms with E-state index in [4.69, 9.17) is 20.8 Å². The molecule has 0 atom stereocenters. The van der Waals surface area contributed by atoms with Gasteiger partial charge in [-0.3, -0.25) is 0 Å². The topological polar surface area (TPSA) is 83.4 Å². The summed E-state index contributed by atoms with van der Waals surface area (Å²) in [6.07, 6.45) is 1.52. The summed E-state index contributed by atoms with van der Waals surface area (Å²) in [5.74, 6) is 0.387. The van der Waals surface area contributed by atoms with Crippen molar-refractivity contribution in [1.82, 2.24) is 4.98 Å². The van der Waals surface area contributed by atoms with Crippen molar-refractivity contribution in [2.45, 2.75) is 38.9 Å². The van der Waals surface area contributed by atoms with Gasteiger partial charge in [-0.15, -0.1) is 0 Å². The average Bonchev–Trinajstić information content (AvgIpc) is 2.40. The van der Waals surface area contributed by atoms with Gasteiger partial charge in [0.25, 0.3) is 0 Å². The molecular formula is C11H18BN3O2. The van der Waals surface area contributed by atoms with Crippen LogP contribution in [0.15, 0.2) is 12.3 Å². The third-order valence-corrected chi connectivity index (χ3v) is 3.48. The van der Waals surface area contributed by atoms with Crippen molar-refractivity contribution < 1.29 is 9.31 Å². The molecule has 6 heteroatoms. The molecule has 1 saturated heterocycles. The van der Waals surface area contributed by atoms with E-state index in [1.165, 1.54) is 6.20 Å². The molecule has 0 bridgehead atoms. The van der Waals surface area contributed by atoms with E-state index in [9.17, 15) is 0 Å². The lowest BCUT2D eigenvalue weighted by molar-refractivity contribution is 0.00578. The number of anilines is 2. The van der Waals surface area contributed by atoms with Gasteiger partial charge in [0.15, 0.2) is 0 Å². The van der Waals surface area contributed by atoms with E-state index in [0.717, 1.165) is 0 Å². The Morgan fingerprint density at radius 1 is 1.12 bits per heavy atom. The lowest BCUT2D eigenvalue weighted by Crippen LogP contribution is -2.41.